The van der Waals surface area contributed by atoms with Gasteiger partial charge in [0.1, 0.15) is 11.8 Å². The fourth-order valence-electron chi connectivity index (χ4n) is 5.94. The molecule has 2 amide bonds. The number of aliphatic hydroxyl groups is 1. The predicted octanol–water partition coefficient (Wildman–Crippen LogP) is 2.45. The summed E-state index contributed by atoms with van der Waals surface area (Å²) in [5, 5.41) is 13.0. The van der Waals surface area contributed by atoms with Gasteiger partial charge >= 0.3 is 5.97 Å². The third-order valence-corrected chi connectivity index (χ3v) is 9.42. The van der Waals surface area contributed by atoms with Crippen molar-refractivity contribution in [3.05, 3.63) is 24.3 Å². The van der Waals surface area contributed by atoms with E-state index in [1.54, 1.807) is 55.0 Å². The molecule has 3 aliphatic rings. The number of anilines is 1. The van der Waals surface area contributed by atoms with Gasteiger partial charge in [-0.2, -0.15) is 0 Å². The molecule has 8 nitrogen and oxygen atoms in total. The zero-order valence-electron chi connectivity index (χ0n) is 19.5. The number of carbonyl (C=O) groups excluding carboxylic acids is 3. The lowest BCUT2D eigenvalue weighted by molar-refractivity contribution is -0.155. The fraction of sp³-hybridized carbons (Fsp3) is 0.625. The molecule has 3 fully saturated rings. The lowest BCUT2D eigenvalue weighted by atomic mass is 9.66. The number of methoxy groups -OCH3 is 1. The largest absolute Gasteiger partial charge is 0.497 e. The Morgan fingerprint density at radius 3 is 2.55 bits per heavy atom. The summed E-state index contributed by atoms with van der Waals surface area (Å²) in [4.78, 5) is 42.1. The second-order valence-corrected chi connectivity index (χ2v) is 11.1. The lowest BCUT2D eigenvalue weighted by Crippen LogP contribution is -2.54. The minimum Gasteiger partial charge on any atom is -0.497 e. The Hall–Kier alpha value is -2.26. The first-order valence-electron chi connectivity index (χ1n) is 11.5. The van der Waals surface area contributed by atoms with Crippen LogP contribution >= 0.6 is 11.8 Å². The third-order valence-electron chi connectivity index (χ3n) is 7.44. The molecule has 2 unspecified atom stereocenters. The average molecular weight is 477 g/mol. The van der Waals surface area contributed by atoms with Gasteiger partial charge in [-0.05, 0) is 57.4 Å². The summed E-state index contributed by atoms with van der Waals surface area (Å²) in [5.74, 6) is -1.50. The van der Waals surface area contributed by atoms with Crippen molar-refractivity contribution in [2.24, 2.45) is 11.8 Å². The number of amides is 2. The van der Waals surface area contributed by atoms with E-state index in [9.17, 15) is 19.5 Å². The van der Waals surface area contributed by atoms with E-state index in [-0.39, 0.29) is 31.0 Å². The number of carbonyl (C=O) groups is 3. The number of thioether (sulfide) groups is 1. The summed E-state index contributed by atoms with van der Waals surface area (Å²) < 4.78 is 9.37. The molecule has 180 valence electrons. The predicted molar refractivity (Wildman–Crippen MR) is 125 cm³/mol. The molecule has 3 heterocycles. The van der Waals surface area contributed by atoms with Crippen LogP contribution in [0.4, 0.5) is 5.69 Å². The first kappa shape index (κ1) is 23.9. The molecule has 0 aromatic heterocycles. The number of aliphatic hydroxyl groups excluding tert-OH is 1. The molecule has 9 heteroatoms. The molecule has 1 aromatic carbocycles. The van der Waals surface area contributed by atoms with Crippen LogP contribution in [0.2, 0.25) is 0 Å². The first-order valence-corrected chi connectivity index (χ1v) is 12.3. The van der Waals surface area contributed by atoms with E-state index in [1.807, 2.05) is 13.8 Å². The van der Waals surface area contributed by atoms with Gasteiger partial charge < -0.3 is 24.8 Å². The minimum atomic E-state index is -0.791. The Labute approximate surface area is 198 Å². The molecule has 2 N–H and O–H groups in total. The molecule has 3 saturated heterocycles. The van der Waals surface area contributed by atoms with E-state index in [0.29, 0.717) is 24.3 Å². The van der Waals surface area contributed by atoms with E-state index in [4.69, 9.17) is 9.47 Å². The molecule has 0 aliphatic carbocycles. The molecular formula is C24H32N2O6S. The van der Waals surface area contributed by atoms with Crippen molar-refractivity contribution < 1.29 is 29.0 Å². The van der Waals surface area contributed by atoms with E-state index in [2.05, 4.69) is 5.32 Å². The monoisotopic (exact) mass is 476 g/mol. The Balaban J connectivity index is 1.74. The van der Waals surface area contributed by atoms with Gasteiger partial charge in [-0.3, -0.25) is 14.4 Å². The summed E-state index contributed by atoms with van der Waals surface area (Å²) in [5.41, 5.74) is 0.593. The van der Waals surface area contributed by atoms with Crippen molar-refractivity contribution in [2.75, 3.05) is 25.6 Å². The number of rotatable bonds is 8. The Morgan fingerprint density at radius 2 is 1.97 bits per heavy atom. The second-order valence-electron chi connectivity index (χ2n) is 9.19. The maximum atomic E-state index is 13.8. The first-order chi connectivity index (χ1) is 15.8. The van der Waals surface area contributed by atoms with E-state index < -0.39 is 33.4 Å². The molecule has 2 bridgehead atoms. The Morgan fingerprint density at radius 1 is 1.27 bits per heavy atom. The van der Waals surface area contributed by atoms with Gasteiger partial charge in [0.05, 0.1) is 42.9 Å². The number of benzene rings is 1. The SMILES string of the molecule is CCOC(=O)[C@H]1[C@H]2C(=O)N([C@@H](CC)CO)C(C(=O)Nc3ccc(OC)cc3)C23CC[C@]1(C)S3. The zero-order valence-corrected chi connectivity index (χ0v) is 20.3. The van der Waals surface area contributed by atoms with Crippen LogP contribution in [0, 0.1) is 11.8 Å². The summed E-state index contributed by atoms with van der Waals surface area (Å²) in [6.07, 6.45) is 1.88. The van der Waals surface area contributed by atoms with Crippen molar-refractivity contribution in [1.29, 1.82) is 0 Å². The van der Waals surface area contributed by atoms with Gasteiger partial charge in [0, 0.05) is 10.4 Å². The number of likely N-dealkylation sites (tertiary alicyclic amines) is 1. The number of ether oxygens (including phenoxy) is 2. The van der Waals surface area contributed by atoms with Crippen LogP contribution < -0.4 is 10.1 Å². The maximum Gasteiger partial charge on any atom is 0.311 e. The highest BCUT2D eigenvalue weighted by Gasteiger charge is 2.77. The van der Waals surface area contributed by atoms with Crippen LogP contribution in [0.15, 0.2) is 24.3 Å². The number of esters is 1. The Bertz CT molecular complexity index is 935. The van der Waals surface area contributed by atoms with Crippen molar-refractivity contribution in [3.63, 3.8) is 0 Å². The fourth-order valence-corrected chi connectivity index (χ4v) is 8.28. The summed E-state index contributed by atoms with van der Waals surface area (Å²) in [6, 6.07) is 5.71. The standard InChI is InChI=1S/C24H32N2O6S/c1-5-15(13-27)26-19(20(28)25-14-7-9-16(31-4)10-8-14)24-12-11-23(3,33-24)18(17(24)21(26)29)22(30)32-6-2/h7-10,15,17-19,27H,5-6,11-13H2,1-4H3,(H,25,28)/t15-,17-,18+,19?,23-,24?/m0/s1. The van der Waals surface area contributed by atoms with Gasteiger partial charge in [0.25, 0.3) is 0 Å². The van der Waals surface area contributed by atoms with E-state index in [1.165, 1.54) is 0 Å². The summed E-state index contributed by atoms with van der Waals surface area (Å²) in [7, 11) is 1.57. The van der Waals surface area contributed by atoms with E-state index in [0.717, 1.165) is 6.42 Å². The highest BCUT2D eigenvalue weighted by molar-refractivity contribution is 8.02. The maximum absolute atomic E-state index is 13.8. The molecule has 33 heavy (non-hydrogen) atoms. The number of hydrogen-bond acceptors (Lipinski definition) is 7. The van der Waals surface area contributed by atoms with Gasteiger partial charge in [-0.15, -0.1) is 11.8 Å². The molecular weight excluding hydrogens is 444 g/mol. The lowest BCUT2D eigenvalue weighted by Gasteiger charge is -2.36. The summed E-state index contributed by atoms with van der Waals surface area (Å²) >= 11 is 1.59. The van der Waals surface area contributed by atoms with Crippen LogP contribution in [-0.4, -0.2) is 69.7 Å². The highest BCUT2D eigenvalue weighted by Crippen LogP contribution is 2.71. The number of fused-ring (bicyclic) bond motifs is 1. The van der Waals surface area contributed by atoms with Crippen LogP contribution in [0.1, 0.15) is 40.0 Å². The molecule has 1 spiro atoms. The number of nitrogens with one attached hydrogen (secondary N) is 1. The van der Waals surface area contributed by atoms with Crippen LogP contribution in [0.25, 0.3) is 0 Å². The van der Waals surface area contributed by atoms with Gasteiger partial charge in [0.2, 0.25) is 11.8 Å². The van der Waals surface area contributed by atoms with Crippen molar-refractivity contribution in [2.45, 2.75) is 61.6 Å². The van der Waals surface area contributed by atoms with Gasteiger partial charge in [-0.25, -0.2) is 0 Å². The van der Waals surface area contributed by atoms with Gasteiger partial charge in [0.15, 0.2) is 0 Å². The van der Waals surface area contributed by atoms with Crippen molar-refractivity contribution in [1.82, 2.24) is 4.90 Å². The highest BCUT2D eigenvalue weighted by atomic mass is 32.2. The molecule has 3 aliphatic heterocycles. The average Bonchev–Trinajstić information content (AvgIpc) is 3.36. The molecule has 0 radical (unpaired) electrons. The van der Waals surface area contributed by atoms with Gasteiger partial charge in [-0.1, -0.05) is 6.92 Å². The molecule has 4 rings (SSSR count). The van der Waals surface area contributed by atoms with Crippen LogP contribution in [-0.2, 0) is 19.1 Å². The van der Waals surface area contributed by atoms with Crippen LogP contribution in [0.3, 0.4) is 0 Å². The minimum absolute atomic E-state index is 0.236. The quantitative estimate of drug-likeness (QED) is 0.555. The zero-order chi connectivity index (χ0) is 24.0. The third kappa shape index (κ3) is 3.60. The number of hydrogen-bond donors (Lipinski definition) is 2. The number of nitrogens with zero attached hydrogens (tertiary/aromatic N) is 1. The molecule has 6 atom stereocenters. The second kappa shape index (κ2) is 8.83. The molecule has 0 saturated carbocycles. The Kier molecular flexibility index (Phi) is 6.39. The van der Waals surface area contributed by atoms with E-state index >= 15 is 0 Å². The van der Waals surface area contributed by atoms with Crippen molar-refractivity contribution >= 4 is 35.2 Å². The normalized spacial score (nSPS) is 33.1. The molecule has 1 aromatic rings. The smallest absolute Gasteiger partial charge is 0.311 e. The van der Waals surface area contributed by atoms with Crippen LogP contribution in [0.5, 0.6) is 5.75 Å². The topological polar surface area (TPSA) is 105 Å². The summed E-state index contributed by atoms with van der Waals surface area (Å²) in [6.45, 7) is 5.63. The van der Waals surface area contributed by atoms with Crippen molar-refractivity contribution in [3.8, 4) is 5.75 Å².